The van der Waals surface area contributed by atoms with Gasteiger partial charge < -0.3 is 0 Å². The SMILES string of the molecule is Cc1snc2c(C#N)cccc12. The third kappa shape index (κ3) is 0.892. The molecular formula is C9H6N2S. The van der Waals surface area contributed by atoms with Gasteiger partial charge in [0.15, 0.2) is 0 Å². The highest BCUT2D eigenvalue weighted by Gasteiger charge is 2.04. The highest BCUT2D eigenvalue weighted by Crippen LogP contribution is 2.23. The van der Waals surface area contributed by atoms with E-state index in [2.05, 4.69) is 10.4 Å². The maximum Gasteiger partial charge on any atom is 0.102 e. The zero-order valence-corrected chi connectivity index (χ0v) is 7.35. The molecular weight excluding hydrogens is 168 g/mol. The minimum atomic E-state index is 0.664. The molecule has 0 radical (unpaired) electrons. The topological polar surface area (TPSA) is 36.7 Å². The highest BCUT2D eigenvalue weighted by molar-refractivity contribution is 7.07. The molecule has 2 aromatic rings. The van der Waals surface area contributed by atoms with Gasteiger partial charge in [-0.05, 0) is 24.5 Å². The molecule has 2 nitrogen and oxygen atoms in total. The van der Waals surface area contributed by atoms with Crippen LogP contribution < -0.4 is 0 Å². The van der Waals surface area contributed by atoms with Gasteiger partial charge in [0.05, 0.1) is 5.56 Å². The lowest BCUT2D eigenvalue weighted by molar-refractivity contribution is 1.49. The van der Waals surface area contributed by atoms with Gasteiger partial charge in [-0.2, -0.15) is 9.64 Å². The van der Waals surface area contributed by atoms with E-state index in [9.17, 15) is 0 Å². The third-order valence-corrected chi connectivity index (χ3v) is 2.58. The van der Waals surface area contributed by atoms with E-state index in [1.807, 2.05) is 19.1 Å². The second kappa shape index (κ2) is 2.58. The van der Waals surface area contributed by atoms with Crippen LogP contribution in [-0.2, 0) is 0 Å². The first kappa shape index (κ1) is 7.26. The number of aromatic nitrogens is 1. The molecule has 0 spiro atoms. The summed E-state index contributed by atoms with van der Waals surface area (Å²) < 4.78 is 4.21. The molecule has 0 atom stereocenters. The van der Waals surface area contributed by atoms with Gasteiger partial charge in [-0.3, -0.25) is 0 Å². The van der Waals surface area contributed by atoms with Crippen molar-refractivity contribution in [3.8, 4) is 6.07 Å². The Labute approximate surface area is 74.2 Å². The maximum absolute atomic E-state index is 8.76. The molecule has 1 aromatic heterocycles. The summed E-state index contributed by atoms with van der Waals surface area (Å²) in [5, 5.41) is 9.86. The van der Waals surface area contributed by atoms with Crippen molar-refractivity contribution in [3.63, 3.8) is 0 Å². The lowest BCUT2D eigenvalue weighted by Crippen LogP contribution is -1.76. The molecule has 1 aromatic carbocycles. The van der Waals surface area contributed by atoms with Gasteiger partial charge in [-0.1, -0.05) is 12.1 Å². The maximum atomic E-state index is 8.76. The van der Waals surface area contributed by atoms with E-state index >= 15 is 0 Å². The summed E-state index contributed by atoms with van der Waals surface area (Å²) in [4.78, 5) is 1.17. The van der Waals surface area contributed by atoms with Crippen LogP contribution in [0.2, 0.25) is 0 Å². The molecule has 0 saturated heterocycles. The molecule has 2 rings (SSSR count). The van der Waals surface area contributed by atoms with Gasteiger partial charge in [0.2, 0.25) is 0 Å². The molecule has 0 aliphatic rings. The third-order valence-electron chi connectivity index (χ3n) is 1.81. The summed E-state index contributed by atoms with van der Waals surface area (Å²) in [5.74, 6) is 0. The summed E-state index contributed by atoms with van der Waals surface area (Å²) in [5.41, 5.74) is 1.50. The standard InChI is InChI=1S/C9H6N2S/c1-6-8-4-2-3-7(5-10)9(8)11-12-6/h2-4H,1H3. The molecule has 0 fully saturated rings. The van der Waals surface area contributed by atoms with Crippen molar-refractivity contribution in [3.05, 3.63) is 28.6 Å². The van der Waals surface area contributed by atoms with Crippen molar-refractivity contribution in [2.24, 2.45) is 0 Å². The molecule has 0 bridgehead atoms. The van der Waals surface area contributed by atoms with Crippen molar-refractivity contribution in [2.75, 3.05) is 0 Å². The van der Waals surface area contributed by atoms with Gasteiger partial charge >= 0.3 is 0 Å². The van der Waals surface area contributed by atoms with Gasteiger partial charge in [0.1, 0.15) is 11.6 Å². The lowest BCUT2D eigenvalue weighted by Gasteiger charge is -1.89. The van der Waals surface area contributed by atoms with Crippen LogP contribution in [0.25, 0.3) is 10.9 Å². The van der Waals surface area contributed by atoms with Crippen molar-refractivity contribution >= 4 is 22.4 Å². The highest BCUT2D eigenvalue weighted by atomic mass is 32.1. The summed E-state index contributed by atoms with van der Waals surface area (Å²) in [6, 6.07) is 7.81. The Balaban J connectivity index is 2.92. The van der Waals surface area contributed by atoms with Crippen LogP contribution in [0.3, 0.4) is 0 Å². The number of fused-ring (bicyclic) bond motifs is 1. The summed E-state index contributed by atoms with van der Waals surface area (Å²) in [6.45, 7) is 2.02. The second-order valence-electron chi connectivity index (χ2n) is 2.55. The largest absolute Gasteiger partial charge is 0.192 e. The number of nitriles is 1. The molecule has 0 amide bonds. The Kier molecular flexibility index (Phi) is 1.56. The summed E-state index contributed by atoms with van der Waals surface area (Å²) >= 11 is 1.45. The van der Waals surface area contributed by atoms with Crippen LogP contribution in [0.4, 0.5) is 0 Å². The number of rotatable bonds is 0. The Bertz CT molecular complexity index is 465. The number of nitrogens with zero attached hydrogens (tertiary/aromatic N) is 2. The van der Waals surface area contributed by atoms with Gasteiger partial charge in [0.25, 0.3) is 0 Å². The first-order valence-electron chi connectivity index (χ1n) is 3.58. The zero-order chi connectivity index (χ0) is 8.55. The quantitative estimate of drug-likeness (QED) is 0.615. The van der Waals surface area contributed by atoms with Crippen LogP contribution in [0.15, 0.2) is 18.2 Å². The van der Waals surface area contributed by atoms with Crippen molar-refractivity contribution in [1.29, 1.82) is 5.26 Å². The average molecular weight is 174 g/mol. The normalized spacial score (nSPS) is 10.0. The fourth-order valence-electron chi connectivity index (χ4n) is 1.18. The van der Waals surface area contributed by atoms with Gasteiger partial charge in [0, 0.05) is 10.3 Å². The molecule has 12 heavy (non-hydrogen) atoms. The number of hydrogen-bond acceptors (Lipinski definition) is 3. The second-order valence-corrected chi connectivity index (χ2v) is 3.53. The molecule has 3 heteroatoms. The van der Waals surface area contributed by atoms with Crippen molar-refractivity contribution in [2.45, 2.75) is 6.92 Å². The number of hydrogen-bond donors (Lipinski definition) is 0. The number of benzene rings is 1. The van der Waals surface area contributed by atoms with Crippen LogP contribution in [0.1, 0.15) is 10.4 Å². The first-order valence-corrected chi connectivity index (χ1v) is 4.35. The van der Waals surface area contributed by atoms with E-state index in [1.54, 1.807) is 6.07 Å². The van der Waals surface area contributed by atoms with Crippen molar-refractivity contribution < 1.29 is 0 Å². The molecule has 1 heterocycles. The van der Waals surface area contributed by atoms with Crippen molar-refractivity contribution in [1.82, 2.24) is 4.37 Å². The predicted octanol–water partition coefficient (Wildman–Crippen LogP) is 2.48. The van der Waals surface area contributed by atoms with E-state index in [4.69, 9.17) is 5.26 Å². The van der Waals surface area contributed by atoms with E-state index in [0.717, 1.165) is 10.9 Å². The average Bonchev–Trinajstić information content (AvgIpc) is 2.48. The fourth-order valence-corrected chi connectivity index (χ4v) is 1.87. The van der Waals surface area contributed by atoms with Crippen LogP contribution >= 0.6 is 11.5 Å². The first-order chi connectivity index (χ1) is 5.83. The van der Waals surface area contributed by atoms with Crippen LogP contribution in [-0.4, -0.2) is 4.37 Å². The van der Waals surface area contributed by atoms with E-state index in [1.165, 1.54) is 16.4 Å². The molecule has 0 N–H and O–H groups in total. The molecule has 0 aliphatic carbocycles. The molecule has 0 aliphatic heterocycles. The van der Waals surface area contributed by atoms with E-state index in [-0.39, 0.29) is 0 Å². The monoisotopic (exact) mass is 174 g/mol. The molecule has 0 unspecified atom stereocenters. The minimum absolute atomic E-state index is 0.664. The Morgan fingerprint density at radius 2 is 2.33 bits per heavy atom. The molecule has 0 saturated carbocycles. The predicted molar refractivity (Wildman–Crippen MR) is 49.1 cm³/mol. The van der Waals surface area contributed by atoms with Crippen LogP contribution in [0.5, 0.6) is 0 Å². The Hall–Kier alpha value is -1.40. The zero-order valence-electron chi connectivity index (χ0n) is 6.53. The summed E-state index contributed by atoms with van der Waals surface area (Å²) in [7, 11) is 0. The molecule has 58 valence electrons. The van der Waals surface area contributed by atoms with E-state index < -0.39 is 0 Å². The Morgan fingerprint density at radius 3 is 3.08 bits per heavy atom. The fraction of sp³-hybridized carbons (Fsp3) is 0.111. The smallest absolute Gasteiger partial charge is 0.102 e. The lowest BCUT2D eigenvalue weighted by atomic mass is 10.1. The van der Waals surface area contributed by atoms with Gasteiger partial charge in [-0.15, -0.1) is 0 Å². The number of aryl methyl sites for hydroxylation is 1. The Morgan fingerprint density at radius 1 is 1.50 bits per heavy atom. The minimum Gasteiger partial charge on any atom is -0.192 e. The van der Waals surface area contributed by atoms with E-state index in [0.29, 0.717) is 5.56 Å². The summed E-state index contributed by atoms with van der Waals surface area (Å²) in [6.07, 6.45) is 0. The van der Waals surface area contributed by atoms with Gasteiger partial charge in [-0.25, -0.2) is 0 Å². The van der Waals surface area contributed by atoms with Crippen LogP contribution in [0, 0.1) is 18.3 Å².